The lowest BCUT2D eigenvalue weighted by molar-refractivity contribution is -0.121. The molecule has 1 N–H and O–H groups in total. The molecule has 1 aromatic heterocycles. The van der Waals surface area contributed by atoms with Gasteiger partial charge in [0, 0.05) is 11.6 Å². The third kappa shape index (κ3) is 5.98. The lowest BCUT2D eigenvalue weighted by Gasteiger charge is -2.18. The Morgan fingerprint density at radius 1 is 0.794 bits per heavy atom. The second kappa shape index (κ2) is 11.6. The molecule has 0 spiro atoms. The third-order valence-electron chi connectivity index (χ3n) is 5.28. The first-order valence-electron chi connectivity index (χ1n) is 11.3. The summed E-state index contributed by atoms with van der Waals surface area (Å²) in [5, 5.41) is 11.4. The first kappa shape index (κ1) is 23.0. The maximum Gasteiger partial charge on any atom is 0.233 e. The predicted octanol–water partition coefficient (Wildman–Crippen LogP) is 4.87. The van der Waals surface area contributed by atoms with Gasteiger partial charge >= 0.3 is 0 Å². The summed E-state index contributed by atoms with van der Waals surface area (Å²) < 4.78 is 11.1. The molecule has 1 heterocycles. The van der Waals surface area contributed by atoms with Crippen LogP contribution in [-0.2, 0) is 4.79 Å². The van der Waals surface area contributed by atoms with Crippen molar-refractivity contribution in [1.29, 1.82) is 0 Å². The molecule has 0 fully saturated rings. The first-order chi connectivity index (χ1) is 16.7. The van der Waals surface area contributed by atoms with Crippen LogP contribution in [0, 0.1) is 0 Å². The number of nitrogens with one attached hydrogen (secondary N) is 1. The Hall–Kier alpha value is -4.19. The van der Waals surface area contributed by atoms with Crippen molar-refractivity contribution in [1.82, 2.24) is 15.5 Å². The average molecular weight is 454 g/mol. The van der Waals surface area contributed by atoms with E-state index in [1.165, 1.54) is 0 Å². The molecule has 0 aliphatic rings. The molecule has 0 saturated carbocycles. The molecule has 3 aromatic carbocycles. The topological polar surface area (TPSA) is 73.3 Å². The van der Waals surface area contributed by atoms with Crippen molar-refractivity contribution < 1.29 is 14.3 Å². The van der Waals surface area contributed by atoms with Crippen molar-refractivity contribution >= 4 is 5.91 Å². The van der Waals surface area contributed by atoms with E-state index in [4.69, 9.17) is 9.47 Å². The molecule has 6 heteroatoms. The quantitative estimate of drug-likeness (QED) is 0.347. The first-order valence-corrected chi connectivity index (χ1v) is 11.3. The highest BCUT2D eigenvalue weighted by atomic mass is 16.5. The number of aromatic nitrogens is 2. The fourth-order valence-electron chi connectivity index (χ4n) is 3.66. The van der Waals surface area contributed by atoms with Gasteiger partial charge in [0.25, 0.3) is 0 Å². The van der Waals surface area contributed by atoms with Gasteiger partial charge in [0.1, 0.15) is 12.4 Å². The molecule has 4 aromatic rings. The maximum absolute atomic E-state index is 13.0. The van der Waals surface area contributed by atoms with Crippen LogP contribution in [0.5, 0.6) is 11.6 Å². The number of hydrogen-bond donors (Lipinski definition) is 1. The molecule has 0 bridgehead atoms. The lowest BCUT2D eigenvalue weighted by atomic mass is 9.90. The Bertz CT molecular complexity index is 1130. The van der Waals surface area contributed by atoms with Crippen LogP contribution in [-0.4, -0.2) is 35.9 Å². The van der Waals surface area contributed by atoms with Crippen molar-refractivity contribution in [2.24, 2.45) is 0 Å². The minimum absolute atomic E-state index is 0.0714. The van der Waals surface area contributed by atoms with Crippen molar-refractivity contribution in [3.8, 4) is 22.9 Å². The summed E-state index contributed by atoms with van der Waals surface area (Å²) in [5.74, 6) is 0.781. The van der Waals surface area contributed by atoms with Crippen LogP contribution in [0.2, 0.25) is 0 Å². The number of amides is 1. The molecule has 0 atom stereocenters. The summed E-state index contributed by atoms with van der Waals surface area (Å²) in [4.78, 5) is 13.0. The van der Waals surface area contributed by atoms with Gasteiger partial charge in [-0.05, 0) is 48.4 Å². The van der Waals surface area contributed by atoms with Gasteiger partial charge in [0.05, 0.1) is 24.8 Å². The monoisotopic (exact) mass is 453 g/mol. The van der Waals surface area contributed by atoms with Crippen LogP contribution < -0.4 is 14.8 Å². The van der Waals surface area contributed by atoms with Crippen LogP contribution >= 0.6 is 0 Å². The Kier molecular flexibility index (Phi) is 7.85. The van der Waals surface area contributed by atoms with Gasteiger partial charge in [-0.3, -0.25) is 4.79 Å². The molecule has 0 radical (unpaired) electrons. The molecule has 0 aliphatic heterocycles. The molecular formula is C28H27N3O3. The fraction of sp³-hybridized carbons (Fsp3) is 0.179. The van der Waals surface area contributed by atoms with Crippen LogP contribution in [0.4, 0.5) is 0 Å². The highest BCUT2D eigenvalue weighted by Gasteiger charge is 2.22. The normalized spacial score (nSPS) is 10.6. The van der Waals surface area contributed by atoms with E-state index in [-0.39, 0.29) is 11.8 Å². The lowest BCUT2D eigenvalue weighted by Crippen LogP contribution is -2.33. The highest BCUT2D eigenvalue weighted by molar-refractivity contribution is 5.87. The summed E-state index contributed by atoms with van der Waals surface area (Å²) >= 11 is 0. The average Bonchev–Trinajstić information content (AvgIpc) is 2.89. The number of benzene rings is 3. The summed E-state index contributed by atoms with van der Waals surface area (Å²) in [6.07, 6.45) is 0. The smallest absolute Gasteiger partial charge is 0.233 e. The van der Waals surface area contributed by atoms with Crippen LogP contribution in [0.3, 0.4) is 0 Å². The number of nitrogens with zero attached hydrogens (tertiary/aromatic N) is 2. The Morgan fingerprint density at radius 3 is 2.00 bits per heavy atom. The van der Waals surface area contributed by atoms with Gasteiger partial charge in [-0.2, -0.15) is 0 Å². The fourth-order valence-corrected chi connectivity index (χ4v) is 3.66. The van der Waals surface area contributed by atoms with Gasteiger partial charge < -0.3 is 14.8 Å². The Labute approximate surface area is 199 Å². The molecule has 0 unspecified atom stereocenters. The minimum atomic E-state index is -0.379. The SMILES string of the molecule is CCOc1ccc(-c2ccc(OCCNC(=O)C(c3ccccc3)c3ccccc3)nn2)cc1. The van der Waals surface area contributed by atoms with Gasteiger partial charge in [0.15, 0.2) is 0 Å². The second-order valence-electron chi connectivity index (χ2n) is 7.61. The van der Waals surface area contributed by atoms with E-state index in [0.717, 1.165) is 28.1 Å². The van der Waals surface area contributed by atoms with E-state index in [2.05, 4.69) is 15.5 Å². The molecule has 1 amide bonds. The second-order valence-corrected chi connectivity index (χ2v) is 7.61. The summed E-state index contributed by atoms with van der Waals surface area (Å²) in [6, 6.07) is 30.9. The van der Waals surface area contributed by atoms with Gasteiger partial charge in [-0.25, -0.2) is 0 Å². The standard InChI is InChI=1S/C28H27N3O3/c1-2-33-24-15-13-21(14-16-24)25-17-18-26(31-30-25)34-20-19-29-28(32)27(22-9-5-3-6-10-22)23-11-7-4-8-12-23/h3-18,27H,2,19-20H2,1H3,(H,29,32). The van der Waals surface area contributed by atoms with Gasteiger partial charge in [-0.1, -0.05) is 60.7 Å². The zero-order chi connectivity index (χ0) is 23.6. The van der Waals surface area contributed by atoms with Crippen molar-refractivity contribution in [2.75, 3.05) is 19.8 Å². The summed E-state index contributed by atoms with van der Waals surface area (Å²) in [5.41, 5.74) is 3.59. The maximum atomic E-state index is 13.0. The van der Waals surface area contributed by atoms with E-state index in [9.17, 15) is 4.79 Å². The Balaban J connectivity index is 1.31. The van der Waals surface area contributed by atoms with E-state index >= 15 is 0 Å². The molecule has 0 aliphatic carbocycles. The van der Waals surface area contributed by atoms with E-state index in [0.29, 0.717) is 25.6 Å². The van der Waals surface area contributed by atoms with Crippen LogP contribution in [0.15, 0.2) is 97.1 Å². The molecule has 34 heavy (non-hydrogen) atoms. The van der Waals surface area contributed by atoms with Crippen molar-refractivity contribution in [3.05, 3.63) is 108 Å². The largest absolute Gasteiger partial charge is 0.494 e. The number of carbonyl (C=O) groups is 1. The molecule has 4 rings (SSSR count). The predicted molar refractivity (Wildman–Crippen MR) is 132 cm³/mol. The highest BCUT2D eigenvalue weighted by Crippen LogP contribution is 2.25. The van der Waals surface area contributed by atoms with Gasteiger partial charge in [0.2, 0.25) is 11.8 Å². The van der Waals surface area contributed by atoms with E-state index in [1.807, 2.05) is 97.9 Å². The summed E-state index contributed by atoms with van der Waals surface area (Å²) in [6.45, 7) is 3.23. The van der Waals surface area contributed by atoms with Crippen molar-refractivity contribution in [3.63, 3.8) is 0 Å². The molecular weight excluding hydrogens is 426 g/mol. The van der Waals surface area contributed by atoms with E-state index in [1.54, 1.807) is 6.07 Å². The molecule has 172 valence electrons. The number of ether oxygens (including phenoxy) is 2. The van der Waals surface area contributed by atoms with Gasteiger partial charge in [-0.15, -0.1) is 10.2 Å². The van der Waals surface area contributed by atoms with Crippen LogP contribution in [0.1, 0.15) is 24.0 Å². The zero-order valence-corrected chi connectivity index (χ0v) is 19.1. The molecule has 0 saturated heterocycles. The number of rotatable bonds is 10. The number of carbonyl (C=O) groups excluding carboxylic acids is 1. The summed E-state index contributed by atoms with van der Waals surface area (Å²) in [7, 11) is 0. The minimum Gasteiger partial charge on any atom is -0.494 e. The van der Waals surface area contributed by atoms with Crippen molar-refractivity contribution in [2.45, 2.75) is 12.8 Å². The van der Waals surface area contributed by atoms with Crippen LogP contribution in [0.25, 0.3) is 11.3 Å². The zero-order valence-electron chi connectivity index (χ0n) is 19.1. The molecule has 6 nitrogen and oxygen atoms in total. The van der Waals surface area contributed by atoms with E-state index < -0.39 is 0 Å². The third-order valence-corrected chi connectivity index (χ3v) is 5.28. The Morgan fingerprint density at radius 2 is 1.44 bits per heavy atom. The number of hydrogen-bond acceptors (Lipinski definition) is 5.